The third-order valence-electron chi connectivity index (χ3n) is 2.05. The number of thioether (sulfide) groups is 1. The van der Waals surface area contributed by atoms with Crippen LogP contribution in [0.15, 0.2) is 0 Å². The van der Waals surface area contributed by atoms with Crippen molar-refractivity contribution < 1.29 is 0 Å². The Bertz CT molecular complexity index is 268. The Morgan fingerprint density at radius 3 is 3.08 bits per heavy atom. The topological polar surface area (TPSA) is 51.8 Å². The van der Waals surface area contributed by atoms with E-state index in [0.29, 0.717) is 11.8 Å². The van der Waals surface area contributed by atoms with Gasteiger partial charge in [0.2, 0.25) is 0 Å². The maximum atomic E-state index is 5.46. The summed E-state index contributed by atoms with van der Waals surface area (Å²) < 4.78 is 0. The molecule has 0 bridgehead atoms. The minimum absolute atomic E-state index is 0.615. The van der Waals surface area contributed by atoms with Gasteiger partial charge in [0.05, 0.1) is 5.25 Å². The van der Waals surface area contributed by atoms with Gasteiger partial charge in [0.1, 0.15) is 10.0 Å². The van der Waals surface area contributed by atoms with E-state index < -0.39 is 0 Å². The second-order valence-corrected chi connectivity index (χ2v) is 5.48. The third kappa shape index (κ3) is 2.21. The fourth-order valence-electron chi connectivity index (χ4n) is 1.39. The maximum Gasteiger partial charge on any atom is 0.130 e. The Labute approximate surface area is 86.1 Å². The van der Waals surface area contributed by atoms with Crippen LogP contribution in [0.4, 0.5) is 0 Å². The highest BCUT2D eigenvalue weighted by molar-refractivity contribution is 7.99. The van der Waals surface area contributed by atoms with Gasteiger partial charge in [-0.1, -0.05) is 0 Å². The van der Waals surface area contributed by atoms with E-state index in [1.54, 1.807) is 11.3 Å². The molecule has 1 atom stereocenters. The normalized spacial score (nSPS) is 22.4. The Morgan fingerprint density at radius 2 is 2.38 bits per heavy atom. The first-order valence-corrected chi connectivity index (χ1v) is 6.40. The summed E-state index contributed by atoms with van der Waals surface area (Å²) in [6.07, 6.45) is 3.46. The van der Waals surface area contributed by atoms with Crippen molar-refractivity contribution in [2.24, 2.45) is 5.73 Å². The Kier molecular flexibility index (Phi) is 3.18. The van der Waals surface area contributed by atoms with Gasteiger partial charge in [-0.3, -0.25) is 0 Å². The molecule has 5 heteroatoms. The van der Waals surface area contributed by atoms with Crippen LogP contribution in [0.25, 0.3) is 0 Å². The monoisotopic (exact) mass is 215 g/mol. The van der Waals surface area contributed by atoms with E-state index in [9.17, 15) is 0 Å². The van der Waals surface area contributed by atoms with Crippen molar-refractivity contribution in [3.05, 3.63) is 10.0 Å². The number of hydrogen-bond donors (Lipinski definition) is 1. The highest BCUT2D eigenvalue weighted by atomic mass is 32.2. The van der Waals surface area contributed by atoms with Crippen molar-refractivity contribution in [3.63, 3.8) is 0 Å². The molecular weight excluding hydrogens is 202 g/mol. The summed E-state index contributed by atoms with van der Waals surface area (Å²) in [5.74, 6) is 1.27. The van der Waals surface area contributed by atoms with Gasteiger partial charge in [-0.05, 0) is 25.1 Å². The second-order valence-electron chi connectivity index (χ2n) is 3.07. The van der Waals surface area contributed by atoms with Gasteiger partial charge in [-0.2, -0.15) is 11.8 Å². The predicted molar refractivity (Wildman–Crippen MR) is 57.1 cm³/mol. The Morgan fingerprint density at radius 1 is 1.46 bits per heavy atom. The zero-order valence-corrected chi connectivity index (χ0v) is 9.03. The fraction of sp³-hybridized carbons (Fsp3) is 0.750. The van der Waals surface area contributed by atoms with E-state index in [0.717, 1.165) is 11.4 Å². The second kappa shape index (κ2) is 4.39. The first-order valence-electron chi connectivity index (χ1n) is 4.54. The fourth-order valence-corrected chi connectivity index (χ4v) is 3.76. The lowest BCUT2D eigenvalue weighted by Crippen LogP contribution is -2.01. The third-order valence-corrected chi connectivity index (χ3v) is 4.68. The molecule has 3 nitrogen and oxygen atoms in total. The van der Waals surface area contributed by atoms with Crippen LogP contribution in [-0.2, 0) is 6.42 Å². The highest BCUT2D eigenvalue weighted by Crippen LogP contribution is 2.40. The van der Waals surface area contributed by atoms with Crippen molar-refractivity contribution in [3.8, 4) is 0 Å². The molecule has 72 valence electrons. The van der Waals surface area contributed by atoms with Crippen molar-refractivity contribution in [1.29, 1.82) is 0 Å². The average Bonchev–Trinajstić information content (AvgIpc) is 2.70. The van der Waals surface area contributed by atoms with E-state index in [1.165, 1.54) is 23.6 Å². The van der Waals surface area contributed by atoms with Crippen LogP contribution in [-0.4, -0.2) is 22.5 Å². The summed E-state index contributed by atoms with van der Waals surface area (Å²) in [4.78, 5) is 0. The standard InChI is InChI=1S/C8H13N3S2/c9-4-3-7-10-11-8(13-7)6-2-1-5-12-6/h6H,1-5,9H2. The van der Waals surface area contributed by atoms with Crippen molar-refractivity contribution in [2.45, 2.75) is 24.5 Å². The van der Waals surface area contributed by atoms with Crippen LogP contribution >= 0.6 is 23.1 Å². The molecule has 1 aromatic rings. The van der Waals surface area contributed by atoms with Crippen molar-refractivity contribution in [1.82, 2.24) is 10.2 Å². The Hall–Kier alpha value is -0.130. The van der Waals surface area contributed by atoms with Crippen molar-refractivity contribution >= 4 is 23.1 Å². The molecule has 2 N–H and O–H groups in total. The molecule has 2 rings (SSSR count). The molecule has 1 fully saturated rings. The number of nitrogens with zero attached hydrogens (tertiary/aromatic N) is 2. The van der Waals surface area contributed by atoms with Gasteiger partial charge >= 0.3 is 0 Å². The SMILES string of the molecule is NCCc1nnc(C2CCCS2)s1. The van der Waals surface area contributed by atoms with E-state index >= 15 is 0 Å². The molecular formula is C8H13N3S2. The van der Waals surface area contributed by atoms with Gasteiger partial charge in [-0.15, -0.1) is 21.5 Å². The molecule has 0 amide bonds. The van der Waals surface area contributed by atoms with Crippen LogP contribution in [0, 0.1) is 0 Å². The number of rotatable bonds is 3. The first-order chi connectivity index (χ1) is 6.40. The van der Waals surface area contributed by atoms with E-state index in [4.69, 9.17) is 5.73 Å². The highest BCUT2D eigenvalue weighted by Gasteiger charge is 2.21. The molecule has 2 heterocycles. The molecule has 13 heavy (non-hydrogen) atoms. The first kappa shape index (κ1) is 9.43. The molecule has 1 aliphatic rings. The maximum absolute atomic E-state index is 5.46. The molecule has 0 radical (unpaired) electrons. The summed E-state index contributed by atoms with van der Waals surface area (Å²) >= 11 is 3.74. The Balaban J connectivity index is 2.03. The molecule has 0 saturated carbocycles. The van der Waals surface area contributed by atoms with Crippen molar-refractivity contribution in [2.75, 3.05) is 12.3 Å². The molecule has 0 spiro atoms. The van der Waals surface area contributed by atoms with Crippen LogP contribution in [0.1, 0.15) is 28.1 Å². The van der Waals surface area contributed by atoms with Gasteiger partial charge in [0, 0.05) is 6.42 Å². The zero-order valence-electron chi connectivity index (χ0n) is 7.40. The van der Waals surface area contributed by atoms with Gasteiger partial charge in [0.25, 0.3) is 0 Å². The quantitative estimate of drug-likeness (QED) is 0.832. The summed E-state index contributed by atoms with van der Waals surface area (Å²) in [6.45, 7) is 0.673. The lowest BCUT2D eigenvalue weighted by Gasteiger charge is -2.00. The number of nitrogens with two attached hydrogens (primary N) is 1. The molecule has 1 aliphatic heterocycles. The van der Waals surface area contributed by atoms with Crippen LogP contribution in [0.2, 0.25) is 0 Å². The van der Waals surface area contributed by atoms with Crippen LogP contribution < -0.4 is 5.73 Å². The van der Waals surface area contributed by atoms with Gasteiger partial charge < -0.3 is 5.73 Å². The molecule has 1 aromatic heterocycles. The molecule has 1 saturated heterocycles. The number of hydrogen-bond acceptors (Lipinski definition) is 5. The smallest absolute Gasteiger partial charge is 0.130 e. The predicted octanol–water partition coefficient (Wildman–Crippen LogP) is 1.61. The lowest BCUT2D eigenvalue weighted by molar-refractivity contribution is 0.803. The number of aromatic nitrogens is 2. The van der Waals surface area contributed by atoms with E-state index in [1.807, 2.05) is 11.8 Å². The van der Waals surface area contributed by atoms with Crippen LogP contribution in [0.3, 0.4) is 0 Å². The van der Waals surface area contributed by atoms with Gasteiger partial charge in [-0.25, -0.2) is 0 Å². The largest absolute Gasteiger partial charge is 0.330 e. The molecule has 0 aromatic carbocycles. The summed E-state index contributed by atoms with van der Waals surface area (Å²) in [6, 6.07) is 0. The minimum atomic E-state index is 0.615. The van der Waals surface area contributed by atoms with Crippen LogP contribution in [0.5, 0.6) is 0 Å². The zero-order chi connectivity index (χ0) is 9.10. The molecule has 1 unspecified atom stereocenters. The average molecular weight is 215 g/mol. The summed E-state index contributed by atoms with van der Waals surface area (Å²) in [5.41, 5.74) is 5.46. The summed E-state index contributed by atoms with van der Waals surface area (Å²) in [7, 11) is 0. The van der Waals surface area contributed by atoms with Gasteiger partial charge in [0.15, 0.2) is 0 Å². The van der Waals surface area contributed by atoms with E-state index in [-0.39, 0.29) is 0 Å². The molecule has 0 aliphatic carbocycles. The van der Waals surface area contributed by atoms with E-state index in [2.05, 4.69) is 10.2 Å². The lowest BCUT2D eigenvalue weighted by atomic mass is 10.3. The minimum Gasteiger partial charge on any atom is -0.330 e. The summed E-state index contributed by atoms with van der Waals surface area (Å²) in [5, 5.41) is 11.2.